The number of carbonyl (C=O) groups is 1. The van der Waals surface area contributed by atoms with Crippen LogP contribution in [0.1, 0.15) is 43.0 Å². The lowest BCUT2D eigenvalue weighted by molar-refractivity contribution is 0.0164. The molecule has 4 rings (SSSR count). The predicted octanol–water partition coefficient (Wildman–Crippen LogP) is 6.44. The predicted molar refractivity (Wildman–Crippen MR) is 133 cm³/mol. The number of hydrogen-bond donors (Lipinski definition) is 0. The molecule has 0 bridgehead atoms. The zero-order valence-corrected chi connectivity index (χ0v) is 20.6. The molecule has 0 saturated carbocycles. The number of ether oxygens (including phenoxy) is 3. The van der Waals surface area contributed by atoms with Crippen LogP contribution in [0.25, 0.3) is 21.5 Å². The Morgan fingerprint density at radius 1 is 1.00 bits per heavy atom. The Hall–Kier alpha value is -3.21. The molecule has 174 valence electrons. The maximum atomic E-state index is 13.2. The molecule has 1 aliphatic rings. The zero-order valence-electron chi connectivity index (χ0n) is 20.6. The lowest BCUT2D eigenvalue weighted by atomic mass is 9.84. The largest absolute Gasteiger partial charge is 0.505 e. The highest BCUT2D eigenvalue weighted by molar-refractivity contribution is 6.12. The number of amides is 1. The SMILES string of the molecule is CO/C=C/[C@@H]1Cc2c(c3ccc(C)cc3c3cc(C)c(OC)cc23)CN1C(=O)OC(C)(C)C. The molecule has 0 fully saturated rings. The van der Waals surface area contributed by atoms with Crippen molar-refractivity contribution >= 4 is 27.6 Å². The minimum Gasteiger partial charge on any atom is -0.505 e. The second kappa shape index (κ2) is 8.62. The summed E-state index contributed by atoms with van der Waals surface area (Å²) in [6.07, 6.45) is 3.93. The number of benzene rings is 3. The summed E-state index contributed by atoms with van der Waals surface area (Å²) in [4.78, 5) is 15.0. The maximum absolute atomic E-state index is 13.2. The average Bonchev–Trinajstić information content (AvgIpc) is 2.75. The van der Waals surface area contributed by atoms with E-state index in [1.165, 1.54) is 32.7 Å². The van der Waals surface area contributed by atoms with Crippen molar-refractivity contribution in [2.75, 3.05) is 14.2 Å². The molecule has 1 aliphatic heterocycles. The van der Waals surface area contributed by atoms with Gasteiger partial charge in [-0.05, 0) is 97.5 Å². The molecule has 0 spiro atoms. The summed E-state index contributed by atoms with van der Waals surface area (Å²) >= 11 is 0. The van der Waals surface area contributed by atoms with Gasteiger partial charge in [0.15, 0.2) is 0 Å². The monoisotopic (exact) mass is 447 g/mol. The smallest absolute Gasteiger partial charge is 0.411 e. The van der Waals surface area contributed by atoms with E-state index in [0.717, 1.165) is 16.9 Å². The van der Waals surface area contributed by atoms with E-state index in [-0.39, 0.29) is 12.1 Å². The van der Waals surface area contributed by atoms with Crippen LogP contribution in [-0.2, 0) is 22.4 Å². The summed E-state index contributed by atoms with van der Waals surface area (Å²) in [5.74, 6) is 0.871. The highest BCUT2D eigenvalue weighted by atomic mass is 16.6. The van der Waals surface area contributed by atoms with E-state index in [1.54, 1.807) is 25.4 Å². The van der Waals surface area contributed by atoms with Crippen LogP contribution < -0.4 is 4.74 Å². The van der Waals surface area contributed by atoms with Gasteiger partial charge in [0.25, 0.3) is 0 Å². The first-order chi connectivity index (χ1) is 15.6. The number of nitrogens with zero attached hydrogens (tertiary/aromatic N) is 1. The molecule has 0 radical (unpaired) electrons. The fourth-order valence-corrected chi connectivity index (χ4v) is 4.73. The third-order valence-corrected chi connectivity index (χ3v) is 6.22. The van der Waals surface area contributed by atoms with E-state index in [4.69, 9.17) is 14.2 Å². The average molecular weight is 448 g/mol. The van der Waals surface area contributed by atoms with Crippen LogP contribution in [0.5, 0.6) is 5.75 Å². The molecule has 0 saturated heterocycles. The Bertz CT molecular complexity index is 1250. The summed E-state index contributed by atoms with van der Waals surface area (Å²) in [7, 11) is 3.32. The van der Waals surface area contributed by atoms with Gasteiger partial charge in [-0.2, -0.15) is 0 Å². The zero-order chi connectivity index (χ0) is 23.9. The first-order valence-electron chi connectivity index (χ1n) is 11.3. The first kappa shape index (κ1) is 23.0. The van der Waals surface area contributed by atoms with Crippen LogP contribution in [0.2, 0.25) is 0 Å². The van der Waals surface area contributed by atoms with Gasteiger partial charge in [0.2, 0.25) is 0 Å². The van der Waals surface area contributed by atoms with Gasteiger partial charge in [-0.15, -0.1) is 0 Å². The van der Waals surface area contributed by atoms with Crippen molar-refractivity contribution in [2.45, 2.75) is 59.2 Å². The van der Waals surface area contributed by atoms with E-state index >= 15 is 0 Å². The molecular formula is C28H33NO4. The van der Waals surface area contributed by atoms with Gasteiger partial charge < -0.3 is 14.2 Å². The molecular weight excluding hydrogens is 414 g/mol. The van der Waals surface area contributed by atoms with Crippen molar-refractivity contribution in [1.82, 2.24) is 4.90 Å². The lowest BCUT2D eigenvalue weighted by Gasteiger charge is -2.37. The summed E-state index contributed by atoms with van der Waals surface area (Å²) in [5.41, 5.74) is 4.15. The van der Waals surface area contributed by atoms with Crippen molar-refractivity contribution in [3.63, 3.8) is 0 Å². The molecule has 5 nitrogen and oxygen atoms in total. The molecule has 0 unspecified atom stereocenters. The molecule has 1 heterocycles. The number of rotatable bonds is 3. The van der Waals surface area contributed by atoms with Crippen LogP contribution in [0, 0.1) is 13.8 Å². The number of methoxy groups -OCH3 is 2. The highest BCUT2D eigenvalue weighted by Crippen LogP contribution is 2.41. The first-order valence-corrected chi connectivity index (χ1v) is 11.3. The quantitative estimate of drug-likeness (QED) is 0.342. The highest BCUT2D eigenvalue weighted by Gasteiger charge is 2.34. The fraction of sp³-hybridized carbons (Fsp3) is 0.393. The second-order valence-electron chi connectivity index (χ2n) is 9.82. The van der Waals surface area contributed by atoms with Crippen LogP contribution in [0.4, 0.5) is 4.79 Å². The second-order valence-corrected chi connectivity index (χ2v) is 9.82. The Labute approximate surface area is 195 Å². The summed E-state index contributed by atoms with van der Waals surface area (Å²) in [6, 6.07) is 10.7. The van der Waals surface area contributed by atoms with Gasteiger partial charge in [-0.1, -0.05) is 23.8 Å². The van der Waals surface area contributed by atoms with E-state index in [0.29, 0.717) is 13.0 Å². The van der Waals surface area contributed by atoms with E-state index < -0.39 is 5.60 Å². The van der Waals surface area contributed by atoms with Crippen molar-refractivity contribution in [1.29, 1.82) is 0 Å². The fourth-order valence-electron chi connectivity index (χ4n) is 4.73. The third-order valence-electron chi connectivity index (χ3n) is 6.22. The van der Waals surface area contributed by atoms with Crippen molar-refractivity contribution in [2.24, 2.45) is 0 Å². The number of hydrogen-bond acceptors (Lipinski definition) is 4. The lowest BCUT2D eigenvalue weighted by Crippen LogP contribution is -2.45. The standard InChI is InChI=1S/C28H33NO4/c1-17-8-9-20-21(12-17)22-13-18(2)26(32-7)15-24(22)23-14-19(10-11-31-6)29(16-25(20)23)27(30)33-28(3,4)5/h8-13,15,19H,14,16H2,1-7H3/b11-10+/t19-/m1/s1. The van der Waals surface area contributed by atoms with Crippen molar-refractivity contribution in [3.05, 3.63) is 64.9 Å². The summed E-state index contributed by atoms with van der Waals surface area (Å²) in [6.45, 7) is 10.3. The van der Waals surface area contributed by atoms with Gasteiger partial charge in [-0.25, -0.2) is 4.79 Å². The maximum Gasteiger partial charge on any atom is 0.411 e. The molecule has 5 heteroatoms. The minimum absolute atomic E-state index is 0.175. The number of fused-ring (bicyclic) bond motifs is 6. The van der Waals surface area contributed by atoms with Crippen LogP contribution in [-0.4, -0.2) is 36.9 Å². The molecule has 3 aromatic rings. The Morgan fingerprint density at radius 2 is 1.73 bits per heavy atom. The number of aryl methyl sites for hydroxylation is 2. The van der Waals surface area contributed by atoms with Gasteiger partial charge in [0.1, 0.15) is 11.4 Å². The topological polar surface area (TPSA) is 48.0 Å². The van der Waals surface area contributed by atoms with Crippen molar-refractivity contribution < 1.29 is 19.0 Å². The summed E-state index contributed by atoms with van der Waals surface area (Å²) < 4.78 is 16.6. The van der Waals surface area contributed by atoms with E-state index in [2.05, 4.69) is 44.2 Å². The molecule has 0 N–H and O–H groups in total. The van der Waals surface area contributed by atoms with Gasteiger partial charge >= 0.3 is 6.09 Å². The molecule has 33 heavy (non-hydrogen) atoms. The number of carbonyl (C=O) groups excluding carboxylic acids is 1. The van der Waals surface area contributed by atoms with Crippen LogP contribution >= 0.6 is 0 Å². The van der Waals surface area contributed by atoms with E-state index in [1.807, 2.05) is 26.8 Å². The van der Waals surface area contributed by atoms with Gasteiger partial charge in [-0.3, -0.25) is 4.90 Å². The van der Waals surface area contributed by atoms with Gasteiger partial charge in [0.05, 0.1) is 33.1 Å². The molecule has 0 aromatic heterocycles. The van der Waals surface area contributed by atoms with Crippen LogP contribution in [0.3, 0.4) is 0 Å². The Balaban J connectivity index is 1.98. The molecule has 1 amide bonds. The third kappa shape index (κ3) is 4.37. The minimum atomic E-state index is -0.569. The molecule has 3 aromatic carbocycles. The summed E-state index contributed by atoms with van der Waals surface area (Å²) in [5, 5.41) is 4.76. The van der Waals surface area contributed by atoms with Crippen molar-refractivity contribution in [3.8, 4) is 5.75 Å². The Morgan fingerprint density at radius 3 is 2.39 bits per heavy atom. The molecule has 1 atom stereocenters. The van der Waals surface area contributed by atoms with Gasteiger partial charge in [0, 0.05) is 0 Å². The Kier molecular flexibility index (Phi) is 6.00. The molecule has 0 aliphatic carbocycles. The van der Waals surface area contributed by atoms with Crippen LogP contribution in [0.15, 0.2) is 42.7 Å². The normalized spacial score (nSPS) is 16.3. The van der Waals surface area contributed by atoms with E-state index in [9.17, 15) is 4.79 Å².